The van der Waals surface area contributed by atoms with E-state index in [2.05, 4.69) is 90.0 Å². The number of hydrogen-bond donors (Lipinski definition) is 0. The zero-order chi connectivity index (χ0) is 36.8. The van der Waals surface area contributed by atoms with Crippen LogP contribution in [0.4, 0.5) is 4.79 Å². The van der Waals surface area contributed by atoms with Gasteiger partial charge in [0, 0.05) is 41.6 Å². The molecule has 0 aromatic heterocycles. The van der Waals surface area contributed by atoms with Gasteiger partial charge in [-0.05, 0) is 72.5 Å². The van der Waals surface area contributed by atoms with Crippen molar-refractivity contribution in [3.05, 3.63) is 23.3 Å². The fraction of sp³-hybridized carbons (Fsp3) is 0.846. The summed E-state index contributed by atoms with van der Waals surface area (Å²) in [5, 5.41) is 0. The maximum Gasteiger partial charge on any atom is 0.509 e. The van der Waals surface area contributed by atoms with Gasteiger partial charge in [0.1, 0.15) is 0 Å². The number of ketones is 1. The second-order valence-corrected chi connectivity index (χ2v) is 30.8. The number of hydrogen-bond acceptors (Lipinski definition) is 7. The van der Waals surface area contributed by atoms with Crippen molar-refractivity contribution in [3.8, 4) is 0 Å². The van der Waals surface area contributed by atoms with Crippen LogP contribution in [0.1, 0.15) is 109 Å². The molecule has 3 fully saturated rings. The minimum atomic E-state index is -2.14. The van der Waals surface area contributed by atoms with Crippen LogP contribution in [0, 0.1) is 16.7 Å². The summed E-state index contributed by atoms with van der Waals surface area (Å²) in [7, 11) is -6.30. The van der Waals surface area contributed by atoms with Gasteiger partial charge in [-0.1, -0.05) is 89.7 Å². The van der Waals surface area contributed by atoms with Crippen LogP contribution in [0.15, 0.2) is 23.3 Å². The fourth-order valence-corrected chi connectivity index (χ4v) is 19.2. The van der Waals surface area contributed by atoms with Crippen molar-refractivity contribution in [2.45, 2.75) is 194 Å². The topological polar surface area (TPSA) is 80.3 Å². The maximum atomic E-state index is 15.1. The summed E-state index contributed by atoms with van der Waals surface area (Å²) in [5.41, 5.74) is 0.0994. The molecule has 280 valence electrons. The number of fused-ring (bicyclic) bond motifs is 3. The third-order valence-electron chi connectivity index (χ3n) is 14.8. The van der Waals surface area contributed by atoms with Gasteiger partial charge < -0.3 is 22.8 Å². The minimum absolute atomic E-state index is 0.109. The fourth-order valence-electron chi connectivity index (χ4n) is 10.5. The van der Waals surface area contributed by atoms with Gasteiger partial charge in [-0.3, -0.25) is 4.79 Å². The molecule has 2 saturated carbocycles. The number of ether oxygens (including phenoxy) is 2. The van der Waals surface area contributed by atoms with Gasteiger partial charge >= 0.3 is 6.16 Å². The van der Waals surface area contributed by atoms with Crippen LogP contribution in [0.2, 0.25) is 54.4 Å². The monoisotopic (exact) mass is 734 g/mol. The van der Waals surface area contributed by atoms with Crippen molar-refractivity contribution >= 4 is 36.9 Å². The van der Waals surface area contributed by atoms with E-state index < -0.39 is 53.6 Å². The Bertz CT molecular complexity index is 1260. The molecule has 10 heteroatoms. The smallest absolute Gasteiger partial charge is 0.426 e. The molecule has 0 N–H and O–H groups in total. The first kappa shape index (κ1) is 40.7. The van der Waals surface area contributed by atoms with E-state index >= 15 is 4.79 Å². The molecular weight excluding hydrogens is 665 g/mol. The van der Waals surface area contributed by atoms with Crippen molar-refractivity contribution in [2.75, 3.05) is 0 Å². The van der Waals surface area contributed by atoms with E-state index in [0.717, 1.165) is 71.1 Å². The van der Waals surface area contributed by atoms with E-state index in [1.54, 1.807) is 0 Å². The quantitative estimate of drug-likeness (QED) is 0.0941. The van der Waals surface area contributed by atoms with Crippen LogP contribution in [0.3, 0.4) is 0 Å². The lowest BCUT2D eigenvalue weighted by Gasteiger charge is -2.61. The first-order valence-electron chi connectivity index (χ1n) is 19.8. The number of Topliss-reactive ketones (excluding diaryl/α,β-unsaturated/α-hetero) is 1. The average molecular weight is 735 g/mol. The van der Waals surface area contributed by atoms with E-state index in [0.29, 0.717) is 19.3 Å². The van der Waals surface area contributed by atoms with Gasteiger partial charge in [-0.2, -0.15) is 0 Å². The van der Waals surface area contributed by atoms with Crippen molar-refractivity contribution in [1.29, 1.82) is 0 Å². The number of rotatable bonds is 15. The molecule has 1 aliphatic heterocycles. The van der Waals surface area contributed by atoms with Crippen LogP contribution in [0.5, 0.6) is 0 Å². The predicted molar refractivity (Wildman–Crippen MR) is 206 cm³/mol. The van der Waals surface area contributed by atoms with Crippen molar-refractivity contribution < 1.29 is 32.3 Å². The van der Waals surface area contributed by atoms with Gasteiger partial charge in [-0.25, -0.2) is 4.79 Å². The molecule has 49 heavy (non-hydrogen) atoms. The summed E-state index contributed by atoms with van der Waals surface area (Å²) >= 11 is 0. The van der Waals surface area contributed by atoms with Crippen LogP contribution >= 0.6 is 0 Å². The molecule has 7 atom stereocenters. The molecule has 1 unspecified atom stereocenters. The Labute approximate surface area is 302 Å². The SMILES string of the molecule is C=C1[C@H](O[Si](CC)(CC)CC)C[C@H](O[Si](CC)(CC)CC)[C@@]2(C)CC(=O)C3=C(C)[C@@H](O[Si](CC)(CC)CC)C[C@]4(OC(=O)OC4[C@H]12)C3(C)C. The highest BCUT2D eigenvalue weighted by Gasteiger charge is 2.73. The molecule has 1 spiro atoms. The van der Waals surface area contributed by atoms with Crippen LogP contribution in [-0.2, 0) is 27.5 Å². The first-order valence-corrected chi connectivity index (χ1v) is 27.4. The van der Waals surface area contributed by atoms with E-state index in [4.69, 9.17) is 29.3 Å². The largest absolute Gasteiger partial charge is 0.509 e. The summed E-state index contributed by atoms with van der Waals surface area (Å²) in [6, 6.07) is 9.08. The first-order chi connectivity index (χ1) is 23.0. The van der Waals surface area contributed by atoms with Gasteiger partial charge in [0.25, 0.3) is 0 Å². The molecule has 0 radical (unpaired) electrons. The van der Waals surface area contributed by atoms with Crippen molar-refractivity contribution in [1.82, 2.24) is 0 Å². The van der Waals surface area contributed by atoms with Crippen LogP contribution in [-0.4, -0.2) is 66.9 Å². The van der Waals surface area contributed by atoms with Gasteiger partial charge in [0.2, 0.25) is 0 Å². The zero-order valence-electron chi connectivity index (χ0n) is 33.4. The van der Waals surface area contributed by atoms with Gasteiger partial charge in [0.05, 0.1) is 18.3 Å². The Kier molecular flexibility index (Phi) is 12.3. The molecule has 0 aromatic rings. The average Bonchev–Trinajstić information content (AvgIpc) is 3.41. The molecule has 2 bridgehead atoms. The Balaban J connectivity index is 2.00. The molecule has 0 amide bonds. The van der Waals surface area contributed by atoms with Crippen LogP contribution < -0.4 is 0 Å². The minimum Gasteiger partial charge on any atom is -0.426 e. The lowest BCUT2D eigenvalue weighted by Crippen LogP contribution is -2.68. The molecule has 1 heterocycles. The van der Waals surface area contributed by atoms with Crippen molar-refractivity contribution in [2.24, 2.45) is 16.7 Å². The Hall–Kier alpha value is -1.05. The van der Waals surface area contributed by atoms with E-state index in [1.807, 2.05) is 0 Å². The lowest BCUT2D eigenvalue weighted by atomic mass is 9.48. The Morgan fingerprint density at radius 2 is 1.18 bits per heavy atom. The highest BCUT2D eigenvalue weighted by atomic mass is 28.4. The third kappa shape index (κ3) is 6.48. The molecule has 1 saturated heterocycles. The Morgan fingerprint density at radius 3 is 1.65 bits per heavy atom. The van der Waals surface area contributed by atoms with E-state index in [9.17, 15) is 4.79 Å². The number of carbonyl (C=O) groups excluding carboxylic acids is 2. The molecule has 0 aromatic carbocycles. The molecule has 4 aliphatic rings. The third-order valence-corrected chi connectivity index (χ3v) is 28.7. The van der Waals surface area contributed by atoms with Crippen LogP contribution in [0.25, 0.3) is 0 Å². The van der Waals surface area contributed by atoms with Gasteiger partial charge in [0.15, 0.2) is 42.4 Å². The zero-order valence-corrected chi connectivity index (χ0v) is 36.4. The maximum absolute atomic E-state index is 15.1. The van der Waals surface area contributed by atoms with E-state index in [-0.39, 0.29) is 30.0 Å². The highest BCUT2D eigenvalue weighted by Crippen LogP contribution is 2.64. The van der Waals surface area contributed by atoms with Crippen molar-refractivity contribution in [3.63, 3.8) is 0 Å². The normalized spacial score (nSPS) is 33.4. The second-order valence-electron chi connectivity index (χ2n) is 16.6. The summed E-state index contributed by atoms with van der Waals surface area (Å²) in [4.78, 5) is 28.8. The molecular formula is C39H70O7Si3. The summed E-state index contributed by atoms with van der Waals surface area (Å²) in [6.07, 6.45) is -0.711. The lowest BCUT2D eigenvalue weighted by molar-refractivity contribution is -0.160. The standard InChI is InChI=1S/C39H70O7Si3/c1-15-47(16-2,17-3)44-30-24-32(46-49(21-7,22-8)23-9)38(14)25-29(40)33-28(11)31(45-48(18-4,19-5)20-6)26-39(37(33,12)13)35(34(38)27(30)10)42-36(41)43-39/h30-32,34-35H,10,15-26H2,1-9,11-14H3/t30-,31+,32+,34+,35?,38-,39-/m1/s1. The molecule has 4 rings (SSSR count). The summed E-state index contributed by atoms with van der Waals surface area (Å²) < 4.78 is 35.1. The molecule has 7 nitrogen and oxygen atoms in total. The van der Waals surface area contributed by atoms with E-state index in [1.165, 1.54) is 0 Å². The van der Waals surface area contributed by atoms with Gasteiger partial charge in [-0.15, -0.1) is 0 Å². The Morgan fingerprint density at radius 1 is 0.735 bits per heavy atom. The summed E-state index contributed by atoms with van der Waals surface area (Å²) in [6.45, 7) is 33.6. The predicted octanol–water partition coefficient (Wildman–Crippen LogP) is 10.7. The summed E-state index contributed by atoms with van der Waals surface area (Å²) in [5.74, 6) is -0.274. The second kappa shape index (κ2) is 14.8. The number of carbonyl (C=O) groups is 2. The molecule has 3 aliphatic carbocycles. The highest BCUT2D eigenvalue weighted by molar-refractivity contribution is 6.74.